The average Bonchev–Trinajstić information content (AvgIpc) is 3.04. The van der Waals surface area contributed by atoms with Crippen molar-refractivity contribution in [2.45, 2.75) is 0 Å². The smallest absolute Gasteiger partial charge is 0.284 e. The maximum absolute atomic E-state index is 15.2. The molecule has 0 fully saturated rings. The number of nitrogens with one attached hydrogen (secondary N) is 1. The second-order valence-corrected chi connectivity index (χ2v) is 9.65. The van der Waals surface area contributed by atoms with E-state index >= 15 is 4.39 Å². The van der Waals surface area contributed by atoms with Crippen molar-refractivity contribution in [1.29, 1.82) is 0 Å². The Kier molecular flexibility index (Phi) is 7.97. The van der Waals surface area contributed by atoms with Gasteiger partial charge in [-0.05, 0) is 78.4 Å². The Labute approximate surface area is 255 Å². The summed E-state index contributed by atoms with van der Waals surface area (Å²) in [5.74, 6) is -0.444. The molecule has 1 amide bonds. The first kappa shape index (κ1) is 28.7. The van der Waals surface area contributed by atoms with Crippen LogP contribution in [0, 0.1) is 11.6 Å². The molecule has 2 aromatic heterocycles. The van der Waals surface area contributed by atoms with Crippen LogP contribution in [0.25, 0.3) is 16.8 Å². The molecule has 0 spiro atoms. The molecule has 0 aliphatic rings. The van der Waals surface area contributed by atoms with Gasteiger partial charge in [-0.3, -0.25) is 9.59 Å². The minimum atomic E-state index is -0.782. The van der Waals surface area contributed by atoms with Crippen molar-refractivity contribution in [3.63, 3.8) is 0 Å². The molecule has 6 rings (SSSR count). The molecule has 0 radical (unpaired) electrons. The number of nitrogens with two attached hydrogens (primary N) is 1. The fourth-order valence-electron chi connectivity index (χ4n) is 4.48. The predicted molar refractivity (Wildman–Crippen MR) is 165 cm³/mol. The van der Waals surface area contributed by atoms with Crippen LogP contribution in [0.3, 0.4) is 0 Å². The highest BCUT2D eigenvalue weighted by molar-refractivity contribution is 6.04. The molecule has 11 heteroatoms. The van der Waals surface area contributed by atoms with Crippen molar-refractivity contribution in [2.24, 2.45) is 0 Å². The number of carbonyl (C=O) groups excluding carboxylic acids is 1. The number of ether oxygens (including phenoxy) is 2. The van der Waals surface area contributed by atoms with Gasteiger partial charge in [0.15, 0.2) is 11.6 Å². The molecule has 0 saturated heterocycles. The third kappa shape index (κ3) is 6.37. The van der Waals surface area contributed by atoms with E-state index in [9.17, 15) is 14.0 Å². The fraction of sp³-hybridized carbons (Fsp3) is 0. The number of hydrogen-bond acceptors (Lipinski definition) is 7. The van der Waals surface area contributed by atoms with Gasteiger partial charge in [-0.25, -0.2) is 13.8 Å². The number of aromatic nitrogens is 3. The van der Waals surface area contributed by atoms with Gasteiger partial charge in [0.05, 0.1) is 11.3 Å². The summed E-state index contributed by atoms with van der Waals surface area (Å²) in [7, 11) is 0. The fourth-order valence-corrected chi connectivity index (χ4v) is 4.48. The van der Waals surface area contributed by atoms with Crippen molar-refractivity contribution < 1.29 is 23.0 Å². The van der Waals surface area contributed by atoms with E-state index in [1.807, 2.05) is 30.3 Å². The third-order valence-electron chi connectivity index (χ3n) is 6.64. The Bertz CT molecular complexity index is 2050. The quantitative estimate of drug-likeness (QED) is 0.192. The van der Waals surface area contributed by atoms with Crippen LogP contribution in [0.1, 0.15) is 10.4 Å². The largest absolute Gasteiger partial charge is 0.457 e. The van der Waals surface area contributed by atoms with Crippen LogP contribution in [0.4, 0.5) is 20.3 Å². The van der Waals surface area contributed by atoms with Crippen LogP contribution in [0.5, 0.6) is 23.0 Å². The Hall–Kier alpha value is -6.36. The number of nitrogen functional groups attached to an aromatic ring is 1. The molecular weight excluding hydrogens is 580 g/mol. The van der Waals surface area contributed by atoms with E-state index in [1.54, 1.807) is 30.3 Å². The summed E-state index contributed by atoms with van der Waals surface area (Å²) in [6.45, 7) is 0. The number of nitrogens with zero attached hydrogens (tertiary/aromatic N) is 3. The molecule has 4 aromatic carbocycles. The molecule has 45 heavy (non-hydrogen) atoms. The van der Waals surface area contributed by atoms with Gasteiger partial charge in [0.2, 0.25) is 0 Å². The molecule has 0 unspecified atom stereocenters. The van der Waals surface area contributed by atoms with Crippen LogP contribution in [0.15, 0.2) is 126 Å². The van der Waals surface area contributed by atoms with Crippen LogP contribution in [0.2, 0.25) is 0 Å². The minimum Gasteiger partial charge on any atom is -0.457 e. The predicted octanol–water partition coefficient (Wildman–Crippen LogP) is 6.99. The topological polar surface area (TPSA) is 121 Å². The summed E-state index contributed by atoms with van der Waals surface area (Å²) < 4.78 is 41.3. The monoisotopic (exact) mass is 603 g/mol. The van der Waals surface area contributed by atoms with Crippen molar-refractivity contribution in [3.05, 3.63) is 149 Å². The van der Waals surface area contributed by atoms with Crippen molar-refractivity contribution >= 4 is 17.4 Å². The second kappa shape index (κ2) is 12.5. The molecule has 0 atom stereocenters. The van der Waals surface area contributed by atoms with Crippen LogP contribution in [-0.4, -0.2) is 20.7 Å². The molecule has 6 aromatic rings. The molecule has 0 saturated carbocycles. The van der Waals surface area contributed by atoms with Crippen molar-refractivity contribution in [2.75, 3.05) is 11.1 Å². The van der Waals surface area contributed by atoms with Crippen LogP contribution < -0.4 is 26.1 Å². The lowest BCUT2D eigenvalue weighted by Crippen LogP contribution is -2.29. The second-order valence-electron chi connectivity index (χ2n) is 9.65. The zero-order valence-electron chi connectivity index (χ0n) is 23.4. The molecule has 0 aliphatic carbocycles. The van der Waals surface area contributed by atoms with E-state index in [4.69, 9.17) is 15.2 Å². The highest BCUT2D eigenvalue weighted by atomic mass is 19.1. The minimum absolute atomic E-state index is 0.0814. The summed E-state index contributed by atoms with van der Waals surface area (Å²) in [6.07, 6.45) is 2.71. The summed E-state index contributed by atoms with van der Waals surface area (Å²) >= 11 is 0. The lowest BCUT2D eigenvalue weighted by Gasteiger charge is -2.15. The number of amides is 1. The normalized spacial score (nSPS) is 10.7. The number of rotatable bonds is 8. The van der Waals surface area contributed by atoms with Crippen molar-refractivity contribution in [1.82, 2.24) is 14.8 Å². The average molecular weight is 604 g/mol. The first-order valence-electron chi connectivity index (χ1n) is 13.6. The van der Waals surface area contributed by atoms with Gasteiger partial charge in [-0.2, -0.15) is 9.78 Å². The maximum atomic E-state index is 15.2. The van der Waals surface area contributed by atoms with Crippen LogP contribution in [-0.2, 0) is 0 Å². The maximum Gasteiger partial charge on any atom is 0.284 e. The van der Waals surface area contributed by atoms with E-state index in [0.29, 0.717) is 22.6 Å². The van der Waals surface area contributed by atoms with Gasteiger partial charge in [0.1, 0.15) is 34.4 Å². The van der Waals surface area contributed by atoms with Gasteiger partial charge in [0, 0.05) is 24.1 Å². The number of halogens is 2. The van der Waals surface area contributed by atoms with E-state index in [0.717, 1.165) is 10.7 Å². The molecular formula is C34H23F2N5O4. The zero-order chi connectivity index (χ0) is 31.3. The number of para-hydroxylation sites is 1. The Morgan fingerprint density at radius 3 is 2.24 bits per heavy atom. The van der Waals surface area contributed by atoms with Gasteiger partial charge in [-0.15, -0.1) is 0 Å². The van der Waals surface area contributed by atoms with E-state index in [1.165, 1.54) is 54.9 Å². The molecule has 0 bridgehead atoms. The Morgan fingerprint density at radius 2 is 1.51 bits per heavy atom. The Morgan fingerprint density at radius 1 is 0.778 bits per heavy atom. The van der Waals surface area contributed by atoms with Gasteiger partial charge >= 0.3 is 0 Å². The zero-order valence-corrected chi connectivity index (χ0v) is 23.4. The number of benzene rings is 4. The summed E-state index contributed by atoms with van der Waals surface area (Å²) in [5, 5.41) is 6.47. The lowest BCUT2D eigenvalue weighted by atomic mass is 10.1. The molecule has 0 aliphatic heterocycles. The summed E-state index contributed by atoms with van der Waals surface area (Å²) in [5.41, 5.74) is 6.70. The number of hydrogen-bond donors (Lipinski definition) is 2. The molecule has 2 heterocycles. The van der Waals surface area contributed by atoms with Crippen LogP contribution >= 0.6 is 0 Å². The SMILES string of the molecule is Nc1nccc(Oc2ccc(NC(=O)c3ccnn(-c4ccc(F)cc4)c3=O)cc2F)c1-c1ccc(Oc2ccccc2)cc1. The van der Waals surface area contributed by atoms with Gasteiger partial charge < -0.3 is 20.5 Å². The van der Waals surface area contributed by atoms with Crippen molar-refractivity contribution in [3.8, 4) is 39.8 Å². The number of carbonyl (C=O) groups is 1. The Balaban J connectivity index is 1.20. The number of anilines is 2. The first-order chi connectivity index (χ1) is 21.9. The molecule has 3 N–H and O–H groups in total. The van der Waals surface area contributed by atoms with E-state index in [2.05, 4.69) is 15.4 Å². The molecule has 9 nitrogen and oxygen atoms in total. The molecule has 222 valence electrons. The van der Waals surface area contributed by atoms with Gasteiger partial charge in [0.25, 0.3) is 11.5 Å². The summed E-state index contributed by atoms with van der Waals surface area (Å²) in [6, 6.07) is 28.1. The third-order valence-corrected chi connectivity index (χ3v) is 6.64. The van der Waals surface area contributed by atoms with Gasteiger partial charge in [-0.1, -0.05) is 30.3 Å². The standard InChI is InChI=1S/C34H23F2N5O4/c35-22-8-11-24(12-9-22)41-34(43)27(16-19-39-41)33(42)40-23-10-15-29(28(36)20-23)45-30-17-18-38-32(37)31(30)21-6-13-26(14-7-21)44-25-4-2-1-3-5-25/h1-20H,(H2,37,38)(H,40,42). The highest BCUT2D eigenvalue weighted by Crippen LogP contribution is 2.38. The number of pyridine rings is 1. The summed E-state index contributed by atoms with van der Waals surface area (Å²) in [4.78, 5) is 30.0. The van der Waals surface area contributed by atoms with E-state index in [-0.39, 0.29) is 34.3 Å². The lowest BCUT2D eigenvalue weighted by molar-refractivity contribution is 0.102. The highest BCUT2D eigenvalue weighted by Gasteiger charge is 2.18. The van der Waals surface area contributed by atoms with E-state index < -0.39 is 23.1 Å². The first-order valence-corrected chi connectivity index (χ1v) is 13.6.